The number of hydrogen-bond acceptors (Lipinski definition) is 4. The van der Waals surface area contributed by atoms with Gasteiger partial charge in [-0.3, -0.25) is 0 Å². The van der Waals surface area contributed by atoms with Gasteiger partial charge in [0.25, 0.3) is 10.0 Å². The van der Waals surface area contributed by atoms with Gasteiger partial charge in [-0.15, -0.1) is 0 Å². The van der Waals surface area contributed by atoms with Gasteiger partial charge in [-0.2, -0.15) is 0 Å². The van der Waals surface area contributed by atoms with Crippen molar-refractivity contribution in [3.63, 3.8) is 0 Å². The molecule has 1 heterocycles. The van der Waals surface area contributed by atoms with Crippen LogP contribution in [0.15, 0.2) is 23.4 Å². The van der Waals surface area contributed by atoms with E-state index in [9.17, 15) is 8.42 Å². The Morgan fingerprint density at radius 2 is 1.94 bits per heavy atom. The van der Waals surface area contributed by atoms with Crippen molar-refractivity contribution in [2.45, 2.75) is 31.3 Å². The van der Waals surface area contributed by atoms with Gasteiger partial charge in [-0.05, 0) is 32.9 Å². The minimum atomic E-state index is -3.58. The number of hydrogen-bond donors (Lipinski definition) is 2. The van der Waals surface area contributed by atoms with Crippen molar-refractivity contribution in [1.29, 1.82) is 0 Å². The van der Waals surface area contributed by atoms with E-state index in [2.05, 4.69) is 15.0 Å². The molecule has 0 aromatic carbocycles. The Bertz CT molecular complexity index is 463. The average Bonchev–Trinajstić information content (AvgIpc) is 2.14. The first-order valence-electron chi connectivity index (χ1n) is 4.93. The fourth-order valence-electron chi connectivity index (χ4n) is 1.25. The number of sulfonamides is 1. The Morgan fingerprint density at radius 1 is 1.31 bits per heavy atom. The van der Waals surface area contributed by atoms with Crippen LogP contribution in [0.1, 0.15) is 20.8 Å². The van der Waals surface area contributed by atoms with Crippen molar-refractivity contribution < 1.29 is 8.42 Å². The van der Waals surface area contributed by atoms with Crippen LogP contribution >= 0.6 is 0 Å². The van der Waals surface area contributed by atoms with Gasteiger partial charge in [0.15, 0.2) is 5.03 Å². The summed E-state index contributed by atoms with van der Waals surface area (Å²) in [6, 6.07) is 3.35. The fourth-order valence-corrected chi connectivity index (χ4v) is 2.81. The highest BCUT2D eigenvalue weighted by atomic mass is 32.2. The van der Waals surface area contributed by atoms with Gasteiger partial charge in [0, 0.05) is 18.8 Å². The Balaban J connectivity index is 3.17. The first kappa shape index (κ1) is 12.9. The van der Waals surface area contributed by atoms with Gasteiger partial charge in [-0.25, -0.2) is 18.1 Å². The molecule has 90 valence electrons. The van der Waals surface area contributed by atoms with Crippen LogP contribution in [0.4, 0.5) is 5.69 Å². The molecule has 0 atom stereocenters. The third-order valence-corrected chi connectivity index (χ3v) is 3.45. The highest BCUT2D eigenvalue weighted by Gasteiger charge is 2.25. The van der Waals surface area contributed by atoms with E-state index in [1.165, 1.54) is 6.20 Å². The lowest BCUT2D eigenvalue weighted by Gasteiger charge is -2.20. The topological polar surface area (TPSA) is 71.1 Å². The van der Waals surface area contributed by atoms with Crippen molar-refractivity contribution in [1.82, 2.24) is 9.71 Å². The number of pyridine rings is 1. The third-order valence-electron chi connectivity index (χ3n) is 1.74. The molecule has 0 spiro atoms. The molecule has 0 bridgehead atoms. The smallest absolute Gasteiger partial charge is 0.260 e. The van der Waals surface area contributed by atoms with E-state index in [-0.39, 0.29) is 5.03 Å². The van der Waals surface area contributed by atoms with Crippen molar-refractivity contribution in [2.24, 2.45) is 0 Å². The van der Waals surface area contributed by atoms with E-state index in [1.807, 2.05) is 0 Å². The number of aromatic nitrogens is 1. The summed E-state index contributed by atoms with van der Waals surface area (Å²) in [5.74, 6) is 0. The Labute approximate surface area is 96.3 Å². The summed E-state index contributed by atoms with van der Waals surface area (Å²) in [5, 5.41) is 2.83. The van der Waals surface area contributed by atoms with Crippen molar-refractivity contribution >= 4 is 15.7 Å². The lowest BCUT2D eigenvalue weighted by atomic mass is 10.1. The second-order valence-corrected chi connectivity index (χ2v) is 6.06. The fraction of sp³-hybridized carbons (Fsp3) is 0.500. The maximum absolute atomic E-state index is 12.0. The SMILES string of the molecule is CNc1cccnc1S(=O)(=O)NC(C)(C)C. The molecule has 0 aliphatic carbocycles. The summed E-state index contributed by atoms with van der Waals surface area (Å²) >= 11 is 0. The summed E-state index contributed by atoms with van der Waals surface area (Å²) < 4.78 is 26.6. The van der Waals surface area contributed by atoms with E-state index >= 15 is 0 Å². The zero-order valence-corrected chi connectivity index (χ0v) is 10.7. The third kappa shape index (κ3) is 3.18. The Kier molecular flexibility index (Phi) is 3.54. The molecule has 0 unspecified atom stereocenters. The van der Waals surface area contributed by atoms with Crippen molar-refractivity contribution in [2.75, 3.05) is 12.4 Å². The van der Waals surface area contributed by atoms with Gasteiger partial charge in [-0.1, -0.05) is 0 Å². The maximum Gasteiger partial charge on any atom is 0.260 e. The van der Waals surface area contributed by atoms with E-state index in [0.717, 1.165) is 0 Å². The summed E-state index contributed by atoms with van der Waals surface area (Å²) in [6.45, 7) is 5.35. The predicted molar refractivity (Wildman–Crippen MR) is 63.9 cm³/mol. The number of rotatable bonds is 3. The molecule has 0 aliphatic heterocycles. The van der Waals surface area contributed by atoms with Crippen LogP contribution in [0.3, 0.4) is 0 Å². The number of nitrogens with zero attached hydrogens (tertiary/aromatic N) is 1. The van der Waals surface area contributed by atoms with Gasteiger partial charge < -0.3 is 5.32 Å². The van der Waals surface area contributed by atoms with Crippen molar-refractivity contribution in [3.05, 3.63) is 18.3 Å². The molecule has 0 aliphatic rings. The predicted octanol–water partition coefficient (Wildman–Crippen LogP) is 1.20. The summed E-state index contributed by atoms with van der Waals surface area (Å²) in [5.41, 5.74) is -0.0410. The molecule has 0 fully saturated rings. The quantitative estimate of drug-likeness (QED) is 0.837. The molecule has 1 aromatic rings. The molecule has 1 rings (SSSR count). The highest BCUT2D eigenvalue weighted by molar-refractivity contribution is 7.89. The normalized spacial score (nSPS) is 12.5. The molecular weight excluding hydrogens is 226 g/mol. The van der Waals surface area contributed by atoms with E-state index in [1.54, 1.807) is 40.0 Å². The minimum Gasteiger partial charge on any atom is -0.386 e. The van der Waals surface area contributed by atoms with E-state index in [4.69, 9.17) is 0 Å². The lowest BCUT2D eigenvalue weighted by molar-refractivity contribution is 0.490. The van der Waals surface area contributed by atoms with Crippen LogP contribution in [-0.2, 0) is 10.0 Å². The van der Waals surface area contributed by atoms with E-state index < -0.39 is 15.6 Å². The number of anilines is 1. The van der Waals surface area contributed by atoms with Gasteiger partial charge in [0.2, 0.25) is 0 Å². The van der Waals surface area contributed by atoms with Crippen molar-refractivity contribution in [3.8, 4) is 0 Å². The molecule has 5 nitrogen and oxygen atoms in total. The van der Waals surface area contributed by atoms with Crippen LogP contribution in [0.2, 0.25) is 0 Å². The van der Waals surface area contributed by atoms with Crippen LogP contribution in [0, 0.1) is 0 Å². The molecule has 0 saturated heterocycles. The standard InChI is InChI=1S/C10H17N3O2S/c1-10(2,3)13-16(14,15)9-8(11-4)6-5-7-12-9/h5-7,11,13H,1-4H3. The van der Waals surface area contributed by atoms with Gasteiger partial charge in [0.1, 0.15) is 0 Å². The second-order valence-electron chi connectivity index (χ2n) is 4.46. The zero-order valence-electron chi connectivity index (χ0n) is 9.90. The average molecular weight is 243 g/mol. The molecule has 16 heavy (non-hydrogen) atoms. The summed E-state index contributed by atoms with van der Waals surface area (Å²) in [4.78, 5) is 3.89. The summed E-state index contributed by atoms with van der Waals surface area (Å²) in [7, 11) is -1.92. The van der Waals surface area contributed by atoms with Crippen LogP contribution in [0.5, 0.6) is 0 Å². The number of nitrogens with one attached hydrogen (secondary N) is 2. The minimum absolute atomic E-state index is 0.0208. The largest absolute Gasteiger partial charge is 0.386 e. The monoisotopic (exact) mass is 243 g/mol. The Hall–Kier alpha value is -1.14. The van der Waals surface area contributed by atoms with E-state index in [0.29, 0.717) is 5.69 Å². The maximum atomic E-state index is 12.0. The molecule has 6 heteroatoms. The van der Waals surface area contributed by atoms with Crippen LogP contribution in [-0.4, -0.2) is 26.0 Å². The zero-order chi connectivity index (χ0) is 12.4. The molecule has 0 radical (unpaired) electrons. The summed E-state index contributed by atoms with van der Waals surface area (Å²) in [6.07, 6.45) is 1.46. The van der Waals surface area contributed by atoms with Crippen LogP contribution < -0.4 is 10.0 Å². The van der Waals surface area contributed by atoms with Crippen LogP contribution in [0.25, 0.3) is 0 Å². The molecular formula is C10H17N3O2S. The molecule has 2 N–H and O–H groups in total. The highest BCUT2D eigenvalue weighted by Crippen LogP contribution is 2.18. The first-order valence-corrected chi connectivity index (χ1v) is 6.41. The second kappa shape index (κ2) is 4.39. The Morgan fingerprint density at radius 3 is 2.44 bits per heavy atom. The molecule has 0 saturated carbocycles. The first-order chi connectivity index (χ1) is 7.26. The van der Waals surface area contributed by atoms with Gasteiger partial charge >= 0.3 is 0 Å². The molecule has 0 amide bonds. The molecule has 1 aromatic heterocycles. The lowest BCUT2D eigenvalue weighted by Crippen LogP contribution is -2.41. The van der Waals surface area contributed by atoms with Gasteiger partial charge in [0.05, 0.1) is 5.69 Å².